The zero-order valence-electron chi connectivity index (χ0n) is 14.9. The first kappa shape index (κ1) is 18.3. The number of hydrogen-bond acceptors (Lipinski definition) is 3. The van der Waals surface area contributed by atoms with E-state index in [1.165, 1.54) is 11.3 Å². The second-order valence-corrected chi connectivity index (χ2v) is 6.08. The van der Waals surface area contributed by atoms with E-state index in [1.807, 2.05) is 31.2 Å². The average Bonchev–Trinajstić information content (AvgIpc) is 2.65. The van der Waals surface area contributed by atoms with Crippen LogP contribution in [0.3, 0.4) is 0 Å². The van der Waals surface area contributed by atoms with Crippen LogP contribution in [-0.2, 0) is 6.54 Å². The van der Waals surface area contributed by atoms with Crippen LogP contribution in [0, 0.1) is 29.6 Å². The Balaban J connectivity index is 2.28. The third-order valence-corrected chi connectivity index (χ3v) is 4.16. The van der Waals surface area contributed by atoms with Gasteiger partial charge in [-0.3, -0.25) is 0 Å². The Kier molecular flexibility index (Phi) is 6.81. The van der Waals surface area contributed by atoms with E-state index in [4.69, 9.17) is 10.5 Å². The molecule has 0 bridgehead atoms. The Labute approximate surface area is 150 Å². The quantitative estimate of drug-likeness (QED) is 0.653. The molecule has 126 valence electrons. The van der Waals surface area contributed by atoms with Crippen molar-refractivity contribution >= 4 is 11.8 Å². The number of aryl methyl sites for hydroxylation is 1. The van der Waals surface area contributed by atoms with Gasteiger partial charge in [0.25, 0.3) is 0 Å². The fraction of sp³-hybridized carbons (Fsp3) is 0.273. The van der Waals surface area contributed by atoms with Gasteiger partial charge in [-0.25, -0.2) is 0 Å². The van der Waals surface area contributed by atoms with E-state index in [-0.39, 0.29) is 5.57 Å². The van der Waals surface area contributed by atoms with E-state index >= 15 is 0 Å². The largest absolute Gasteiger partial charge is 0.367 e. The third kappa shape index (κ3) is 5.23. The molecule has 0 aliphatic rings. The van der Waals surface area contributed by atoms with E-state index in [9.17, 15) is 0 Å². The van der Waals surface area contributed by atoms with Crippen molar-refractivity contribution in [2.24, 2.45) is 0 Å². The summed E-state index contributed by atoms with van der Waals surface area (Å²) < 4.78 is 0. The van der Waals surface area contributed by atoms with Crippen LogP contribution in [0.25, 0.3) is 6.08 Å². The van der Waals surface area contributed by atoms with Crippen LogP contribution >= 0.6 is 0 Å². The van der Waals surface area contributed by atoms with Crippen molar-refractivity contribution in [3.8, 4) is 12.1 Å². The minimum atomic E-state index is 0.128. The summed E-state index contributed by atoms with van der Waals surface area (Å²) in [5.41, 5.74) is 4.56. The summed E-state index contributed by atoms with van der Waals surface area (Å²) >= 11 is 0. The summed E-state index contributed by atoms with van der Waals surface area (Å²) in [4.78, 5) is 2.38. The predicted octanol–water partition coefficient (Wildman–Crippen LogP) is 5.23. The fourth-order valence-electron chi connectivity index (χ4n) is 2.72. The first-order chi connectivity index (χ1) is 12.2. The summed E-state index contributed by atoms with van der Waals surface area (Å²) in [6.45, 7) is 6.09. The highest BCUT2D eigenvalue weighted by molar-refractivity contribution is 5.66. The van der Waals surface area contributed by atoms with Gasteiger partial charge in [0.2, 0.25) is 0 Å². The third-order valence-electron chi connectivity index (χ3n) is 4.16. The molecule has 2 aromatic carbocycles. The molecule has 2 rings (SSSR count). The second-order valence-electron chi connectivity index (χ2n) is 6.08. The minimum absolute atomic E-state index is 0.128. The molecule has 0 aliphatic heterocycles. The standard InChI is InChI=1S/C22H23N3/c1-3-4-12-25(17-19-8-6-5-7-9-19)22-11-10-21(18(2)13-22)14-20(15-23)16-24/h5-11,13-14H,3-4,12,17H2,1-2H3. The van der Waals surface area contributed by atoms with E-state index in [0.29, 0.717) is 0 Å². The first-order valence-corrected chi connectivity index (χ1v) is 8.59. The molecule has 0 aromatic heterocycles. The van der Waals surface area contributed by atoms with Crippen LogP contribution in [-0.4, -0.2) is 6.54 Å². The molecule has 0 heterocycles. The Hall–Kier alpha value is -3.04. The monoisotopic (exact) mass is 329 g/mol. The Morgan fingerprint density at radius 2 is 1.80 bits per heavy atom. The number of nitrogens with zero attached hydrogens (tertiary/aromatic N) is 3. The van der Waals surface area contributed by atoms with Gasteiger partial charge in [0, 0.05) is 18.8 Å². The molecule has 25 heavy (non-hydrogen) atoms. The molecular weight excluding hydrogens is 306 g/mol. The molecule has 3 heteroatoms. The Morgan fingerprint density at radius 3 is 2.40 bits per heavy atom. The van der Waals surface area contributed by atoms with Crippen LogP contribution in [0.2, 0.25) is 0 Å². The van der Waals surface area contributed by atoms with Gasteiger partial charge in [-0.1, -0.05) is 49.7 Å². The second kappa shape index (κ2) is 9.30. The number of benzene rings is 2. The van der Waals surface area contributed by atoms with Gasteiger partial charge in [-0.15, -0.1) is 0 Å². The van der Waals surface area contributed by atoms with E-state index in [0.717, 1.165) is 37.1 Å². The van der Waals surface area contributed by atoms with Crippen LogP contribution in [0.4, 0.5) is 5.69 Å². The molecule has 0 spiro atoms. The zero-order valence-corrected chi connectivity index (χ0v) is 14.9. The van der Waals surface area contributed by atoms with E-state index in [1.54, 1.807) is 6.08 Å². The molecule has 0 saturated heterocycles. The van der Waals surface area contributed by atoms with Crippen molar-refractivity contribution in [1.82, 2.24) is 0 Å². The van der Waals surface area contributed by atoms with Gasteiger partial charge in [0.1, 0.15) is 17.7 Å². The van der Waals surface area contributed by atoms with Gasteiger partial charge >= 0.3 is 0 Å². The molecule has 0 aliphatic carbocycles. The zero-order chi connectivity index (χ0) is 18.1. The number of nitriles is 2. The molecule has 2 aromatic rings. The molecular formula is C22H23N3. The predicted molar refractivity (Wildman–Crippen MR) is 103 cm³/mol. The number of hydrogen-bond donors (Lipinski definition) is 0. The van der Waals surface area contributed by atoms with E-state index < -0.39 is 0 Å². The highest BCUT2D eigenvalue weighted by Crippen LogP contribution is 2.23. The summed E-state index contributed by atoms with van der Waals surface area (Å²) in [6, 6.07) is 20.5. The Morgan fingerprint density at radius 1 is 1.08 bits per heavy atom. The molecule has 0 radical (unpaired) electrons. The molecule has 0 amide bonds. The molecule has 0 N–H and O–H groups in total. The summed E-state index contributed by atoms with van der Waals surface area (Å²) in [7, 11) is 0. The van der Waals surface area contributed by atoms with Crippen molar-refractivity contribution < 1.29 is 0 Å². The van der Waals surface area contributed by atoms with Gasteiger partial charge in [0.05, 0.1) is 0 Å². The summed E-state index contributed by atoms with van der Waals surface area (Å²) in [5.74, 6) is 0. The maximum Gasteiger partial charge on any atom is 0.130 e. The molecule has 0 saturated carbocycles. The summed E-state index contributed by atoms with van der Waals surface area (Å²) in [5, 5.41) is 17.9. The van der Waals surface area contributed by atoms with E-state index in [2.05, 4.69) is 48.2 Å². The Bertz CT molecular complexity index is 791. The van der Waals surface area contributed by atoms with Gasteiger partial charge < -0.3 is 4.90 Å². The minimum Gasteiger partial charge on any atom is -0.367 e. The highest BCUT2D eigenvalue weighted by atomic mass is 15.1. The summed E-state index contributed by atoms with van der Waals surface area (Å²) in [6.07, 6.45) is 3.94. The SMILES string of the molecule is CCCCN(Cc1ccccc1)c1ccc(C=C(C#N)C#N)c(C)c1. The number of rotatable bonds is 7. The van der Waals surface area contributed by atoms with Crippen molar-refractivity contribution in [2.45, 2.75) is 33.2 Å². The lowest BCUT2D eigenvalue weighted by atomic mass is 10.0. The number of allylic oxidation sites excluding steroid dienone is 1. The van der Waals surface area contributed by atoms with Crippen molar-refractivity contribution in [1.29, 1.82) is 10.5 Å². The van der Waals surface area contributed by atoms with Gasteiger partial charge in [0.15, 0.2) is 0 Å². The van der Waals surface area contributed by atoms with Crippen LogP contribution in [0.15, 0.2) is 54.1 Å². The van der Waals surface area contributed by atoms with Crippen molar-refractivity contribution in [3.63, 3.8) is 0 Å². The topological polar surface area (TPSA) is 50.8 Å². The lowest BCUT2D eigenvalue weighted by Gasteiger charge is -2.25. The van der Waals surface area contributed by atoms with Crippen molar-refractivity contribution in [2.75, 3.05) is 11.4 Å². The number of anilines is 1. The lowest BCUT2D eigenvalue weighted by Crippen LogP contribution is -2.23. The van der Waals surface area contributed by atoms with Gasteiger partial charge in [-0.05, 0) is 48.2 Å². The fourth-order valence-corrected chi connectivity index (χ4v) is 2.72. The molecule has 3 nitrogen and oxygen atoms in total. The van der Waals surface area contributed by atoms with Crippen LogP contribution in [0.1, 0.15) is 36.5 Å². The van der Waals surface area contributed by atoms with Gasteiger partial charge in [-0.2, -0.15) is 10.5 Å². The smallest absolute Gasteiger partial charge is 0.130 e. The molecule has 0 atom stereocenters. The average molecular weight is 329 g/mol. The van der Waals surface area contributed by atoms with Crippen LogP contribution < -0.4 is 4.90 Å². The maximum absolute atomic E-state index is 8.93. The van der Waals surface area contributed by atoms with Crippen molar-refractivity contribution in [3.05, 3.63) is 70.8 Å². The van der Waals surface area contributed by atoms with Crippen LogP contribution in [0.5, 0.6) is 0 Å². The lowest BCUT2D eigenvalue weighted by molar-refractivity contribution is 0.716. The normalized spacial score (nSPS) is 9.76. The first-order valence-electron chi connectivity index (χ1n) is 8.59. The highest BCUT2D eigenvalue weighted by Gasteiger charge is 2.09. The molecule has 0 unspecified atom stereocenters. The molecule has 0 fully saturated rings. The maximum atomic E-state index is 8.93. The number of unbranched alkanes of at least 4 members (excludes halogenated alkanes) is 1.